The molecular weight excluding hydrogens is 252 g/mol. The molecule has 0 aromatic heterocycles. The molecule has 1 aromatic rings. The molecule has 0 bridgehead atoms. The van der Waals surface area contributed by atoms with Crippen molar-refractivity contribution in [3.05, 3.63) is 41.5 Å². The van der Waals surface area contributed by atoms with Crippen LogP contribution < -0.4 is 16.0 Å². The number of carbonyl (C=O) groups is 1. The fourth-order valence-electron chi connectivity index (χ4n) is 2.04. The molecule has 0 fully saturated rings. The SMILES string of the molecule is N#Cc1ccc(NC(=O)NCCC2=CCNCC2)cc1. The number of amides is 2. The van der Waals surface area contributed by atoms with E-state index in [1.54, 1.807) is 24.3 Å². The van der Waals surface area contributed by atoms with Crippen molar-refractivity contribution >= 4 is 11.7 Å². The van der Waals surface area contributed by atoms with Gasteiger partial charge in [0.15, 0.2) is 0 Å². The smallest absolute Gasteiger partial charge is 0.319 e. The fraction of sp³-hybridized carbons (Fsp3) is 0.333. The molecule has 20 heavy (non-hydrogen) atoms. The molecule has 1 aromatic carbocycles. The molecule has 0 saturated heterocycles. The van der Waals surface area contributed by atoms with E-state index in [9.17, 15) is 4.79 Å². The first-order valence-corrected chi connectivity index (χ1v) is 6.71. The van der Waals surface area contributed by atoms with Crippen LogP contribution in [0, 0.1) is 11.3 Å². The van der Waals surface area contributed by atoms with E-state index >= 15 is 0 Å². The highest BCUT2D eigenvalue weighted by Crippen LogP contribution is 2.09. The maximum atomic E-state index is 11.7. The Kier molecular flexibility index (Phi) is 5.15. The molecule has 104 valence electrons. The zero-order chi connectivity index (χ0) is 14.2. The summed E-state index contributed by atoms with van der Waals surface area (Å²) in [7, 11) is 0. The van der Waals surface area contributed by atoms with E-state index in [4.69, 9.17) is 5.26 Å². The van der Waals surface area contributed by atoms with Gasteiger partial charge in [-0.05, 0) is 43.7 Å². The third-order valence-corrected chi connectivity index (χ3v) is 3.16. The van der Waals surface area contributed by atoms with Gasteiger partial charge in [0.05, 0.1) is 11.6 Å². The minimum absolute atomic E-state index is 0.218. The summed E-state index contributed by atoms with van der Waals surface area (Å²) in [5.74, 6) is 0. The van der Waals surface area contributed by atoms with Crippen molar-refractivity contribution in [3.8, 4) is 6.07 Å². The third kappa shape index (κ3) is 4.41. The Hall–Kier alpha value is -2.32. The summed E-state index contributed by atoms with van der Waals surface area (Å²) < 4.78 is 0. The van der Waals surface area contributed by atoms with Gasteiger partial charge in [-0.2, -0.15) is 5.26 Å². The quantitative estimate of drug-likeness (QED) is 0.732. The van der Waals surface area contributed by atoms with Gasteiger partial charge in [-0.25, -0.2) is 4.79 Å². The highest BCUT2D eigenvalue weighted by atomic mass is 16.2. The number of urea groups is 1. The Bertz CT molecular complexity index is 528. The molecular formula is C15H18N4O. The van der Waals surface area contributed by atoms with Crippen molar-refractivity contribution in [3.63, 3.8) is 0 Å². The average molecular weight is 270 g/mol. The van der Waals surface area contributed by atoms with Crippen molar-refractivity contribution in [1.29, 1.82) is 5.26 Å². The maximum absolute atomic E-state index is 11.7. The second-order valence-electron chi connectivity index (χ2n) is 4.64. The van der Waals surface area contributed by atoms with Gasteiger partial charge in [0.2, 0.25) is 0 Å². The molecule has 3 N–H and O–H groups in total. The lowest BCUT2D eigenvalue weighted by molar-refractivity contribution is 0.252. The van der Waals surface area contributed by atoms with Gasteiger partial charge in [0.1, 0.15) is 0 Å². The molecule has 1 aliphatic heterocycles. The lowest BCUT2D eigenvalue weighted by atomic mass is 10.1. The molecule has 0 unspecified atom stereocenters. The first kappa shape index (κ1) is 14.1. The molecule has 0 saturated carbocycles. The van der Waals surface area contributed by atoms with Gasteiger partial charge >= 0.3 is 6.03 Å². The predicted molar refractivity (Wildman–Crippen MR) is 78.4 cm³/mol. The van der Waals surface area contributed by atoms with Crippen LogP contribution in [-0.2, 0) is 0 Å². The number of hydrogen-bond acceptors (Lipinski definition) is 3. The summed E-state index contributed by atoms with van der Waals surface area (Å²) in [4.78, 5) is 11.7. The van der Waals surface area contributed by atoms with E-state index in [-0.39, 0.29) is 6.03 Å². The summed E-state index contributed by atoms with van der Waals surface area (Å²) in [6.45, 7) is 2.57. The summed E-state index contributed by atoms with van der Waals surface area (Å²) in [5.41, 5.74) is 2.65. The molecule has 5 nitrogen and oxygen atoms in total. The monoisotopic (exact) mass is 270 g/mol. The Morgan fingerprint density at radius 2 is 2.15 bits per heavy atom. The van der Waals surface area contributed by atoms with Crippen LogP contribution in [0.4, 0.5) is 10.5 Å². The topological polar surface area (TPSA) is 77.0 Å². The third-order valence-electron chi connectivity index (χ3n) is 3.16. The standard InChI is InChI=1S/C15H18N4O/c16-11-13-1-3-14(4-2-13)19-15(20)18-10-7-12-5-8-17-9-6-12/h1-5,17H,6-10H2,(H2,18,19,20). The predicted octanol–water partition coefficient (Wildman–Crippen LogP) is 1.99. The second-order valence-corrected chi connectivity index (χ2v) is 4.64. The zero-order valence-corrected chi connectivity index (χ0v) is 11.3. The fourth-order valence-corrected chi connectivity index (χ4v) is 2.04. The van der Waals surface area contributed by atoms with Crippen LogP contribution in [0.2, 0.25) is 0 Å². The highest BCUT2D eigenvalue weighted by Gasteiger charge is 2.04. The Morgan fingerprint density at radius 1 is 1.35 bits per heavy atom. The number of nitriles is 1. The molecule has 0 atom stereocenters. The maximum Gasteiger partial charge on any atom is 0.319 e. The van der Waals surface area contributed by atoms with Crippen molar-refractivity contribution < 1.29 is 4.79 Å². The average Bonchev–Trinajstić information content (AvgIpc) is 2.49. The van der Waals surface area contributed by atoms with Crippen LogP contribution in [0.5, 0.6) is 0 Å². The van der Waals surface area contributed by atoms with E-state index < -0.39 is 0 Å². The number of anilines is 1. The molecule has 1 heterocycles. The summed E-state index contributed by atoms with van der Waals surface area (Å²) >= 11 is 0. The van der Waals surface area contributed by atoms with Gasteiger partial charge < -0.3 is 16.0 Å². The first-order valence-electron chi connectivity index (χ1n) is 6.71. The van der Waals surface area contributed by atoms with Crippen molar-refractivity contribution in [2.45, 2.75) is 12.8 Å². The number of nitrogens with zero attached hydrogens (tertiary/aromatic N) is 1. The second kappa shape index (κ2) is 7.31. The molecule has 1 aliphatic rings. The first-order chi connectivity index (χ1) is 9.78. The number of benzene rings is 1. The number of hydrogen-bond donors (Lipinski definition) is 3. The van der Waals surface area contributed by atoms with Gasteiger partial charge in [0, 0.05) is 18.8 Å². The summed E-state index contributed by atoms with van der Waals surface area (Å²) in [6, 6.07) is 8.60. The molecule has 0 aliphatic carbocycles. The van der Waals surface area contributed by atoms with Crippen LogP contribution >= 0.6 is 0 Å². The normalized spacial score (nSPS) is 14.1. The van der Waals surface area contributed by atoms with Gasteiger partial charge in [0.25, 0.3) is 0 Å². The van der Waals surface area contributed by atoms with E-state index in [1.807, 2.05) is 6.07 Å². The minimum atomic E-state index is -0.218. The number of carbonyl (C=O) groups excluding carboxylic acids is 1. The largest absolute Gasteiger partial charge is 0.338 e. The Balaban J connectivity index is 1.72. The Morgan fingerprint density at radius 3 is 2.80 bits per heavy atom. The van der Waals surface area contributed by atoms with Gasteiger partial charge in [-0.15, -0.1) is 0 Å². The zero-order valence-electron chi connectivity index (χ0n) is 11.3. The van der Waals surface area contributed by atoms with Crippen molar-refractivity contribution in [1.82, 2.24) is 10.6 Å². The number of nitrogens with one attached hydrogen (secondary N) is 3. The lowest BCUT2D eigenvalue weighted by Crippen LogP contribution is -2.30. The summed E-state index contributed by atoms with van der Waals surface area (Å²) in [6.07, 6.45) is 4.13. The molecule has 0 radical (unpaired) electrons. The van der Waals surface area contributed by atoms with E-state index in [2.05, 4.69) is 22.0 Å². The van der Waals surface area contributed by atoms with Crippen LogP contribution in [0.15, 0.2) is 35.9 Å². The van der Waals surface area contributed by atoms with Crippen LogP contribution in [0.1, 0.15) is 18.4 Å². The molecule has 2 rings (SSSR count). The molecule has 5 heteroatoms. The lowest BCUT2D eigenvalue weighted by Gasteiger charge is -2.14. The van der Waals surface area contributed by atoms with Crippen LogP contribution in [0.25, 0.3) is 0 Å². The molecule has 2 amide bonds. The van der Waals surface area contributed by atoms with E-state index in [1.165, 1.54) is 5.57 Å². The van der Waals surface area contributed by atoms with Crippen molar-refractivity contribution in [2.24, 2.45) is 0 Å². The number of rotatable bonds is 4. The Labute approximate surface area is 118 Å². The van der Waals surface area contributed by atoms with Gasteiger partial charge in [-0.1, -0.05) is 11.6 Å². The van der Waals surface area contributed by atoms with Gasteiger partial charge in [-0.3, -0.25) is 0 Å². The van der Waals surface area contributed by atoms with Crippen LogP contribution in [-0.4, -0.2) is 25.7 Å². The van der Waals surface area contributed by atoms with Crippen LogP contribution in [0.3, 0.4) is 0 Å². The van der Waals surface area contributed by atoms with Crippen molar-refractivity contribution in [2.75, 3.05) is 25.0 Å². The minimum Gasteiger partial charge on any atom is -0.338 e. The molecule has 0 spiro atoms. The van der Waals surface area contributed by atoms with E-state index in [0.717, 1.165) is 25.9 Å². The van der Waals surface area contributed by atoms with E-state index in [0.29, 0.717) is 17.8 Å². The summed E-state index contributed by atoms with van der Waals surface area (Å²) in [5, 5.41) is 17.5. The highest BCUT2D eigenvalue weighted by molar-refractivity contribution is 5.89.